The predicted octanol–water partition coefficient (Wildman–Crippen LogP) is -0.0127. The number of carboxylic acids is 1. The van der Waals surface area contributed by atoms with Crippen molar-refractivity contribution in [1.82, 2.24) is 5.32 Å². The van der Waals surface area contributed by atoms with Crippen LogP contribution >= 0.6 is 0 Å². The number of rotatable bonds is 1. The molecule has 0 spiro atoms. The Hall–Kier alpha value is -1.06. The van der Waals surface area contributed by atoms with Crippen LogP contribution in [0.4, 0.5) is 0 Å². The number of hydrogen-bond donors (Lipinski definition) is 2. The Morgan fingerprint density at radius 1 is 1.73 bits per heavy atom. The van der Waals surface area contributed by atoms with Gasteiger partial charge in [-0.3, -0.25) is 9.59 Å². The topological polar surface area (TPSA) is 66.4 Å². The second-order valence-corrected chi connectivity index (χ2v) is 3.14. The maximum Gasteiger partial charge on any atom is 0.309 e. The lowest BCUT2D eigenvalue weighted by atomic mass is 9.81. The van der Waals surface area contributed by atoms with Crippen LogP contribution in [0.25, 0.3) is 0 Å². The van der Waals surface area contributed by atoms with E-state index in [-0.39, 0.29) is 12.3 Å². The van der Waals surface area contributed by atoms with Gasteiger partial charge in [-0.25, -0.2) is 0 Å². The summed E-state index contributed by atoms with van der Waals surface area (Å²) >= 11 is 0. The minimum absolute atomic E-state index is 0.0995. The van der Waals surface area contributed by atoms with Crippen molar-refractivity contribution < 1.29 is 14.7 Å². The summed E-state index contributed by atoms with van der Waals surface area (Å²) < 4.78 is 0. The Kier molecular flexibility index (Phi) is 1.85. The highest BCUT2D eigenvalue weighted by molar-refractivity contribution is 5.85. The number of nitrogens with one attached hydrogen (secondary N) is 1. The van der Waals surface area contributed by atoms with Crippen molar-refractivity contribution in [2.24, 2.45) is 5.41 Å². The van der Waals surface area contributed by atoms with Crippen LogP contribution in [0, 0.1) is 5.41 Å². The summed E-state index contributed by atoms with van der Waals surface area (Å²) in [5.41, 5.74) is -0.845. The molecular weight excluding hydrogens is 146 g/mol. The van der Waals surface area contributed by atoms with E-state index >= 15 is 0 Å². The molecule has 1 aliphatic rings. The highest BCUT2D eigenvalue weighted by Gasteiger charge is 2.37. The molecule has 0 radical (unpaired) electrons. The van der Waals surface area contributed by atoms with Crippen molar-refractivity contribution in [3.05, 3.63) is 0 Å². The number of carboxylic acid groups (broad SMARTS) is 1. The van der Waals surface area contributed by atoms with Crippen molar-refractivity contribution in [3.8, 4) is 0 Å². The van der Waals surface area contributed by atoms with Gasteiger partial charge in [0, 0.05) is 13.0 Å². The van der Waals surface area contributed by atoms with Gasteiger partial charge in [0.25, 0.3) is 0 Å². The monoisotopic (exact) mass is 157 g/mol. The van der Waals surface area contributed by atoms with Crippen molar-refractivity contribution in [2.45, 2.75) is 19.8 Å². The Labute approximate surface area is 64.6 Å². The number of carbonyl (C=O) groups is 2. The average molecular weight is 157 g/mol. The molecule has 1 unspecified atom stereocenters. The van der Waals surface area contributed by atoms with Gasteiger partial charge in [-0.15, -0.1) is 0 Å². The molecule has 1 rings (SSSR count). The zero-order valence-corrected chi connectivity index (χ0v) is 6.39. The molecule has 1 atom stereocenters. The molecule has 0 saturated carbocycles. The molecule has 0 aromatic rings. The molecule has 2 N–H and O–H groups in total. The second-order valence-electron chi connectivity index (χ2n) is 3.14. The zero-order valence-electron chi connectivity index (χ0n) is 6.39. The first kappa shape index (κ1) is 8.04. The van der Waals surface area contributed by atoms with E-state index in [0.29, 0.717) is 13.0 Å². The average Bonchev–Trinajstić information content (AvgIpc) is 1.86. The predicted molar refractivity (Wildman–Crippen MR) is 38.0 cm³/mol. The summed E-state index contributed by atoms with van der Waals surface area (Å²) in [7, 11) is 0. The lowest BCUT2D eigenvalue weighted by Crippen LogP contribution is -2.43. The summed E-state index contributed by atoms with van der Waals surface area (Å²) in [4.78, 5) is 21.5. The summed E-state index contributed by atoms with van der Waals surface area (Å²) in [6.07, 6.45) is 0.621. The first-order chi connectivity index (χ1) is 5.04. The Morgan fingerprint density at radius 3 is 2.73 bits per heavy atom. The Bertz CT molecular complexity index is 202. The van der Waals surface area contributed by atoms with Gasteiger partial charge >= 0.3 is 5.97 Å². The van der Waals surface area contributed by atoms with Crippen LogP contribution in [0.2, 0.25) is 0 Å². The highest BCUT2D eigenvalue weighted by Crippen LogP contribution is 2.28. The molecule has 1 heterocycles. The minimum Gasteiger partial charge on any atom is -0.481 e. The first-order valence-corrected chi connectivity index (χ1v) is 3.55. The van der Waals surface area contributed by atoms with Crippen LogP contribution in [0.3, 0.4) is 0 Å². The number of hydrogen-bond acceptors (Lipinski definition) is 2. The molecule has 0 bridgehead atoms. The molecular formula is C7H11NO3. The van der Waals surface area contributed by atoms with Crippen molar-refractivity contribution in [1.29, 1.82) is 0 Å². The molecule has 62 valence electrons. The summed E-state index contributed by atoms with van der Waals surface area (Å²) in [6, 6.07) is 0. The molecule has 1 fully saturated rings. The number of piperidine rings is 1. The van der Waals surface area contributed by atoms with E-state index in [4.69, 9.17) is 5.11 Å². The van der Waals surface area contributed by atoms with Crippen molar-refractivity contribution in [2.75, 3.05) is 6.54 Å². The Balaban J connectivity index is 2.70. The second kappa shape index (κ2) is 2.53. The smallest absolute Gasteiger partial charge is 0.309 e. The normalized spacial score (nSPS) is 31.2. The fourth-order valence-corrected chi connectivity index (χ4v) is 1.17. The lowest BCUT2D eigenvalue weighted by molar-refractivity contribution is -0.152. The first-order valence-electron chi connectivity index (χ1n) is 3.55. The van der Waals surface area contributed by atoms with Crippen LogP contribution in [0.5, 0.6) is 0 Å². The van der Waals surface area contributed by atoms with Gasteiger partial charge in [0.2, 0.25) is 5.91 Å². The van der Waals surface area contributed by atoms with E-state index in [2.05, 4.69) is 5.32 Å². The quantitative estimate of drug-likeness (QED) is 0.562. The van der Waals surface area contributed by atoms with Gasteiger partial charge in [0.05, 0.1) is 5.41 Å². The van der Waals surface area contributed by atoms with E-state index in [1.165, 1.54) is 0 Å². The summed E-state index contributed by atoms with van der Waals surface area (Å²) in [5, 5.41) is 11.3. The third-order valence-corrected chi connectivity index (χ3v) is 2.07. The molecule has 0 aromatic carbocycles. The van der Waals surface area contributed by atoms with Gasteiger partial charge < -0.3 is 10.4 Å². The van der Waals surface area contributed by atoms with E-state index in [9.17, 15) is 9.59 Å². The zero-order chi connectivity index (χ0) is 8.48. The number of amides is 1. The maximum atomic E-state index is 10.8. The minimum atomic E-state index is -0.882. The van der Waals surface area contributed by atoms with Gasteiger partial charge in [-0.1, -0.05) is 0 Å². The van der Waals surface area contributed by atoms with Gasteiger partial charge in [-0.05, 0) is 13.3 Å². The Morgan fingerprint density at radius 2 is 2.36 bits per heavy atom. The van der Waals surface area contributed by atoms with E-state index in [1.54, 1.807) is 6.92 Å². The third kappa shape index (κ3) is 1.50. The molecule has 1 saturated heterocycles. The fourth-order valence-electron chi connectivity index (χ4n) is 1.17. The lowest BCUT2D eigenvalue weighted by Gasteiger charge is -2.28. The van der Waals surface area contributed by atoms with Gasteiger partial charge in [0.15, 0.2) is 0 Å². The van der Waals surface area contributed by atoms with Crippen LogP contribution in [0.1, 0.15) is 19.8 Å². The van der Waals surface area contributed by atoms with Crippen LogP contribution in [0.15, 0.2) is 0 Å². The van der Waals surface area contributed by atoms with E-state index in [0.717, 1.165) is 0 Å². The van der Waals surface area contributed by atoms with Crippen LogP contribution in [-0.4, -0.2) is 23.5 Å². The summed E-state index contributed by atoms with van der Waals surface area (Å²) in [6.45, 7) is 2.08. The molecule has 4 nitrogen and oxygen atoms in total. The van der Waals surface area contributed by atoms with Crippen molar-refractivity contribution >= 4 is 11.9 Å². The third-order valence-electron chi connectivity index (χ3n) is 2.07. The SMILES string of the molecule is CC1(C(=O)O)CCNC(=O)C1. The molecule has 4 heteroatoms. The van der Waals surface area contributed by atoms with Crippen molar-refractivity contribution in [3.63, 3.8) is 0 Å². The van der Waals surface area contributed by atoms with Gasteiger partial charge in [-0.2, -0.15) is 0 Å². The standard InChI is InChI=1S/C7H11NO3/c1-7(6(10)11)2-3-8-5(9)4-7/h2-4H2,1H3,(H,8,9)(H,10,11). The molecule has 1 aliphatic heterocycles. The molecule has 1 amide bonds. The summed E-state index contributed by atoms with van der Waals surface area (Å²) in [5.74, 6) is -1.05. The van der Waals surface area contributed by atoms with E-state index in [1.807, 2.05) is 0 Å². The molecule has 0 aliphatic carbocycles. The molecule has 0 aromatic heterocycles. The fraction of sp³-hybridized carbons (Fsp3) is 0.714. The maximum absolute atomic E-state index is 10.8. The van der Waals surface area contributed by atoms with Crippen LogP contribution < -0.4 is 5.32 Å². The number of aliphatic carboxylic acids is 1. The van der Waals surface area contributed by atoms with E-state index < -0.39 is 11.4 Å². The van der Waals surface area contributed by atoms with Gasteiger partial charge in [0.1, 0.15) is 0 Å². The highest BCUT2D eigenvalue weighted by atomic mass is 16.4. The van der Waals surface area contributed by atoms with Crippen LogP contribution in [-0.2, 0) is 9.59 Å². The largest absolute Gasteiger partial charge is 0.481 e. The molecule has 11 heavy (non-hydrogen) atoms. The number of carbonyl (C=O) groups excluding carboxylic acids is 1.